The Labute approximate surface area is 183 Å². The molecule has 1 heterocycles. The van der Waals surface area contributed by atoms with Crippen LogP contribution in [-0.4, -0.2) is 28.9 Å². The maximum Gasteiger partial charge on any atom is 0.417 e. The Hall–Kier alpha value is -3.77. The first-order valence-corrected chi connectivity index (χ1v) is 12.1. The molecule has 0 bridgehead atoms. The van der Waals surface area contributed by atoms with Gasteiger partial charge in [-0.3, -0.25) is 14.4 Å². The fourth-order valence-corrected chi connectivity index (χ4v) is 5.15. The van der Waals surface area contributed by atoms with Gasteiger partial charge >= 0.3 is 5.76 Å². The first kappa shape index (κ1) is 21.5. The van der Waals surface area contributed by atoms with Crippen LogP contribution in [0.15, 0.2) is 85.7 Å². The van der Waals surface area contributed by atoms with Gasteiger partial charge in [-0.25, -0.2) is 21.6 Å². The zero-order chi connectivity index (χ0) is 22.9. The standard InChI is InChI=1S/C20H17N3O7S2/c1-29-18-8-3-2-7-17(18)23-32(27,28)14-6-4-5-13(11-14)22-31(25,26)15-9-10-16-19(12-15)30-20(24)21-16/h2-12,22-23H,1H3,(H,21,24). The number of para-hydroxylation sites is 2. The van der Waals surface area contributed by atoms with E-state index in [1.165, 1.54) is 49.6 Å². The van der Waals surface area contributed by atoms with E-state index in [1.54, 1.807) is 24.3 Å². The molecule has 10 nitrogen and oxygen atoms in total. The maximum atomic E-state index is 12.8. The van der Waals surface area contributed by atoms with Gasteiger partial charge < -0.3 is 9.15 Å². The van der Waals surface area contributed by atoms with Crippen LogP contribution in [-0.2, 0) is 20.0 Å². The summed E-state index contributed by atoms with van der Waals surface area (Å²) >= 11 is 0. The van der Waals surface area contributed by atoms with Crippen LogP contribution in [0.4, 0.5) is 11.4 Å². The van der Waals surface area contributed by atoms with Crippen molar-refractivity contribution in [2.24, 2.45) is 0 Å². The van der Waals surface area contributed by atoms with Crippen molar-refractivity contribution in [3.8, 4) is 5.75 Å². The van der Waals surface area contributed by atoms with Crippen molar-refractivity contribution < 1.29 is 26.0 Å². The fourth-order valence-electron chi connectivity index (χ4n) is 2.97. The molecule has 0 saturated heterocycles. The lowest BCUT2D eigenvalue weighted by atomic mass is 10.3. The van der Waals surface area contributed by atoms with Crippen LogP contribution in [0.25, 0.3) is 11.1 Å². The number of aromatic amines is 1. The molecule has 3 aromatic carbocycles. The molecule has 32 heavy (non-hydrogen) atoms. The van der Waals surface area contributed by atoms with Gasteiger partial charge in [0.2, 0.25) is 0 Å². The molecule has 3 N–H and O–H groups in total. The van der Waals surface area contributed by atoms with E-state index >= 15 is 0 Å². The van der Waals surface area contributed by atoms with Crippen molar-refractivity contribution in [3.63, 3.8) is 0 Å². The van der Waals surface area contributed by atoms with E-state index in [-0.39, 0.29) is 26.7 Å². The van der Waals surface area contributed by atoms with E-state index in [2.05, 4.69) is 14.4 Å². The average molecular weight is 476 g/mol. The fraction of sp³-hybridized carbons (Fsp3) is 0.0500. The summed E-state index contributed by atoms with van der Waals surface area (Å²) in [6.45, 7) is 0. The van der Waals surface area contributed by atoms with Crippen LogP contribution in [0.2, 0.25) is 0 Å². The van der Waals surface area contributed by atoms with Gasteiger partial charge in [0, 0.05) is 6.07 Å². The Bertz CT molecular complexity index is 1570. The van der Waals surface area contributed by atoms with E-state index in [0.717, 1.165) is 0 Å². The van der Waals surface area contributed by atoms with Crippen LogP contribution in [0.1, 0.15) is 0 Å². The molecule has 0 saturated carbocycles. The molecule has 0 aliphatic heterocycles. The minimum atomic E-state index is -4.09. The molecule has 4 aromatic rings. The predicted octanol–water partition coefficient (Wildman–Crippen LogP) is 2.73. The van der Waals surface area contributed by atoms with Crippen molar-refractivity contribution in [3.05, 3.63) is 77.3 Å². The predicted molar refractivity (Wildman–Crippen MR) is 118 cm³/mol. The summed E-state index contributed by atoms with van der Waals surface area (Å²) in [7, 11) is -6.71. The van der Waals surface area contributed by atoms with E-state index in [1.807, 2.05) is 0 Å². The third-order valence-electron chi connectivity index (χ3n) is 4.45. The first-order chi connectivity index (χ1) is 15.2. The van der Waals surface area contributed by atoms with Gasteiger partial charge in [0.15, 0.2) is 5.58 Å². The maximum absolute atomic E-state index is 12.8. The summed E-state index contributed by atoms with van der Waals surface area (Å²) in [4.78, 5) is 13.4. The zero-order valence-corrected chi connectivity index (χ0v) is 18.2. The number of aromatic nitrogens is 1. The average Bonchev–Trinajstić information content (AvgIpc) is 3.13. The monoisotopic (exact) mass is 475 g/mol. The Morgan fingerprint density at radius 3 is 2.34 bits per heavy atom. The van der Waals surface area contributed by atoms with E-state index in [9.17, 15) is 21.6 Å². The molecule has 0 unspecified atom stereocenters. The van der Waals surface area contributed by atoms with Crippen LogP contribution in [0.3, 0.4) is 0 Å². The second kappa shape index (κ2) is 8.05. The summed E-state index contributed by atoms with van der Waals surface area (Å²) < 4.78 is 66.0. The summed E-state index contributed by atoms with van der Waals surface area (Å²) in [5.74, 6) is -0.373. The number of fused-ring (bicyclic) bond motifs is 1. The molecule has 166 valence electrons. The summed E-state index contributed by atoms with van der Waals surface area (Å²) in [5, 5.41) is 0. The van der Waals surface area contributed by atoms with Gasteiger partial charge in [0.1, 0.15) is 5.75 Å². The highest BCUT2D eigenvalue weighted by Crippen LogP contribution is 2.27. The summed E-state index contributed by atoms with van der Waals surface area (Å²) in [5.41, 5.74) is 0.700. The molecule has 0 atom stereocenters. The highest BCUT2D eigenvalue weighted by molar-refractivity contribution is 7.93. The highest BCUT2D eigenvalue weighted by atomic mass is 32.2. The molecule has 12 heteroatoms. The second-order valence-electron chi connectivity index (χ2n) is 6.61. The Morgan fingerprint density at radius 2 is 1.56 bits per heavy atom. The number of H-pyrrole nitrogens is 1. The number of benzene rings is 3. The zero-order valence-electron chi connectivity index (χ0n) is 16.5. The molecule has 0 spiro atoms. The van der Waals surface area contributed by atoms with Crippen LogP contribution >= 0.6 is 0 Å². The van der Waals surface area contributed by atoms with Gasteiger partial charge in [0.05, 0.1) is 33.8 Å². The lowest BCUT2D eigenvalue weighted by Gasteiger charge is -2.13. The van der Waals surface area contributed by atoms with Crippen LogP contribution in [0, 0.1) is 0 Å². The van der Waals surface area contributed by atoms with Crippen molar-refractivity contribution in [1.82, 2.24) is 4.98 Å². The summed E-state index contributed by atoms with van der Waals surface area (Å²) in [6, 6.07) is 15.7. The van der Waals surface area contributed by atoms with Gasteiger partial charge in [-0.15, -0.1) is 0 Å². The Balaban J connectivity index is 1.62. The Morgan fingerprint density at radius 1 is 0.844 bits per heavy atom. The number of methoxy groups -OCH3 is 1. The molecule has 0 radical (unpaired) electrons. The van der Waals surface area contributed by atoms with E-state index in [4.69, 9.17) is 9.15 Å². The number of nitrogens with one attached hydrogen (secondary N) is 3. The lowest BCUT2D eigenvalue weighted by molar-refractivity contribution is 0.417. The normalized spacial score (nSPS) is 11.9. The molecule has 0 aliphatic carbocycles. The third kappa shape index (κ3) is 4.31. The lowest BCUT2D eigenvalue weighted by Crippen LogP contribution is -2.16. The SMILES string of the molecule is COc1ccccc1NS(=O)(=O)c1cccc(NS(=O)(=O)c2ccc3[nH]c(=O)oc3c2)c1. The molecule has 0 fully saturated rings. The molecular formula is C20H17N3O7S2. The Kier molecular flexibility index (Phi) is 5.40. The summed E-state index contributed by atoms with van der Waals surface area (Å²) in [6.07, 6.45) is 0. The largest absolute Gasteiger partial charge is 0.495 e. The van der Waals surface area contributed by atoms with E-state index < -0.39 is 25.8 Å². The van der Waals surface area contributed by atoms with Crippen LogP contribution < -0.4 is 19.9 Å². The highest BCUT2D eigenvalue weighted by Gasteiger charge is 2.20. The quantitative estimate of drug-likeness (QED) is 0.372. The number of rotatable bonds is 7. The van der Waals surface area contributed by atoms with Crippen molar-refractivity contribution in [1.29, 1.82) is 0 Å². The first-order valence-electron chi connectivity index (χ1n) is 9.09. The number of sulfonamides is 2. The van der Waals surface area contributed by atoms with Gasteiger partial charge in [-0.05, 0) is 42.5 Å². The number of hydrogen-bond acceptors (Lipinski definition) is 7. The second-order valence-corrected chi connectivity index (χ2v) is 9.98. The molecular weight excluding hydrogens is 458 g/mol. The van der Waals surface area contributed by atoms with E-state index in [0.29, 0.717) is 11.3 Å². The topological polar surface area (TPSA) is 148 Å². The number of anilines is 2. The smallest absolute Gasteiger partial charge is 0.417 e. The number of hydrogen-bond donors (Lipinski definition) is 3. The number of oxazole rings is 1. The van der Waals surface area contributed by atoms with Crippen LogP contribution in [0.5, 0.6) is 5.75 Å². The third-order valence-corrected chi connectivity index (χ3v) is 7.19. The van der Waals surface area contributed by atoms with Gasteiger partial charge in [-0.2, -0.15) is 0 Å². The number of ether oxygens (including phenoxy) is 1. The van der Waals surface area contributed by atoms with Crippen molar-refractivity contribution in [2.45, 2.75) is 9.79 Å². The molecule has 1 aromatic heterocycles. The van der Waals surface area contributed by atoms with Crippen molar-refractivity contribution >= 4 is 42.5 Å². The van der Waals surface area contributed by atoms with Gasteiger partial charge in [0.25, 0.3) is 20.0 Å². The molecule has 0 amide bonds. The van der Waals surface area contributed by atoms with Gasteiger partial charge in [-0.1, -0.05) is 18.2 Å². The van der Waals surface area contributed by atoms with Crippen molar-refractivity contribution in [2.75, 3.05) is 16.6 Å². The molecule has 0 aliphatic rings. The minimum Gasteiger partial charge on any atom is -0.495 e. The molecule has 4 rings (SSSR count). The minimum absolute atomic E-state index is 0.0310.